The van der Waals surface area contributed by atoms with Crippen molar-refractivity contribution >= 4 is 21.6 Å². The van der Waals surface area contributed by atoms with Crippen molar-refractivity contribution in [2.75, 3.05) is 17.1 Å². The van der Waals surface area contributed by atoms with Crippen molar-refractivity contribution in [2.45, 2.75) is 39.4 Å². The van der Waals surface area contributed by atoms with E-state index < -0.39 is 33.2 Å². The van der Waals surface area contributed by atoms with Crippen LogP contribution in [-0.4, -0.2) is 31.7 Å². The number of nitrogens with zero attached hydrogens (tertiary/aromatic N) is 2. The number of hydrogen-bond acceptors (Lipinski definition) is 4. The largest absolute Gasteiger partial charge is 0.416 e. The van der Waals surface area contributed by atoms with Gasteiger partial charge in [0.2, 0.25) is 10.0 Å². The summed E-state index contributed by atoms with van der Waals surface area (Å²) >= 11 is 0. The number of carbonyl (C=O) groups is 1. The maximum Gasteiger partial charge on any atom is 0.416 e. The third-order valence-electron chi connectivity index (χ3n) is 5.75. The Labute approximate surface area is 213 Å². The predicted molar refractivity (Wildman–Crippen MR) is 136 cm³/mol. The van der Waals surface area contributed by atoms with E-state index in [1.807, 2.05) is 6.92 Å². The van der Waals surface area contributed by atoms with Crippen molar-refractivity contribution in [3.63, 3.8) is 0 Å². The number of carbonyl (C=O) groups excluding carboxylic acids is 1. The molecule has 3 rings (SSSR count). The van der Waals surface area contributed by atoms with Gasteiger partial charge in [-0.25, -0.2) is 8.42 Å². The van der Waals surface area contributed by atoms with Crippen LogP contribution in [0.25, 0.3) is 5.69 Å². The van der Waals surface area contributed by atoms with Crippen molar-refractivity contribution in [3.8, 4) is 5.69 Å². The average molecular weight is 536 g/mol. The van der Waals surface area contributed by atoms with Crippen molar-refractivity contribution in [1.82, 2.24) is 9.88 Å². The summed E-state index contributed by atoms with van der Waals surface area (Å²) in [5.41, 5.74) is -0.316. The standard InChI is InChI=1S/C26H28F3N3O4S/c1-4-5-15-31(37(3,35)36)21-12-10-19(11-13-21)17-30-24(33)23-14-9-18(2)32(25(23)34)22-8-6-7-20(16-22)26(27,28)29/h6-14,16H,4-5,15,17H2,1-3H3,(H,30,33). The molecule has 0 aliphatic carbocycles. The second-order valence-electron chi connectivity index (χ2n) is 8.61. The molecule has 0 radical (unpaired) electrons. The Morgan fingerprint density at radius 2 is 1.73 bits per heavy atom. The highest BCUT2D eigenvalue weighted by Gasteiger charge is 2.30. The van der Waals surface area contributed by atoms with Crippen LogP contribution in [0.1, 0.15) is 46.9 Å². The van der Waals surface area contributed by atoms with Crippen LogP contribution in [0, 0.1) is 6.92 Å². The molecule has 11 heteroatoms. The summed E-state index contributed by atoms with van der Waals surface area (Å²) in [4.78, 5) is 25.9. The Hall–Kier alpha value is -3.60. The Morgan fingerprint density at radius 1 is 1.05 bits per heavy atom. The van der Waals surface area contributed by atoms with Gasteiger partial charge in [-0.15, -0.1) is 0 Å². The van der Waals surface area contributed by atoms with E-state index in [1.165, 1.54) is 28.6 Å². The third-order valence-corrected chi connectivity index (χ3v) is 6.94. The number of unbranched alkanes of at least 4 members (excludes halogenated alkanes) is 1. The molecule has 2 aromatic carbocycles. The van der Waals surface area contributed by atoms with Crippen LogP contribution in [0.3, 0.4) is 0 Å². The molecule has 37 heavy (non-hydrogen) atoms. The molecule has 7 nitrogen and oxygen atoms in total. The lowest BCUT2D eigenvalue weighted by Gasteiger charge is -2.22. The molecule has 1 aromatic heterocycles. The molecule has 0 bridgehead atoms. The van der Waals surface area contributed by atoms with Crippen LogP contribution in [0.5, 0.6) is 0 Å². The number of rotatable bonds is 9. The van der Waals surface area contributed by atoms with Gasteiger partial charge < -0.3 is 5.32 Å². The first-order chi connectivity index (χ1) is 17.3. The Kier molecular flexibility index (Phi) is 8.47. The Bertz CT molecular complexity index is 1430. The normalized spacial score (nSPS) is 11.8. The van der Waals surface area contributed by atoms with Gasteiger partial charge in [-0.1, -0.05) is 31.5 Å². The van der Waals surface area contributed by atoms with E-state index in [2.05, 4.69) is 5.32 Å². The lowest BCUT2D eigenvalue weighted by molar-refractivity contribution is -0.137. The summed E-state index contributed by atoms with van der Waals surface area (Å²) in [6.45, 7) is 3.95. The number of nitrogens with one attached hydrogen (secondary N) is 1. The fourth-order valence-electron chi connectivity index (χ4n) is 3.79. The van der Waals surface area contributed by atoms with Gasteiger partial charge in [0.15, 0.2) is 0 Å². The van der Waals surface area contributed by atoms with E-state index >= 15 is 0 Å². The van der Waals surface area contributed by atoms with E-state index in [0.717, 1.165) is 29.4 Å². The molecular weight excluding hydrogens is 507 g/mol. The highest BCUT2D eigenvalue weighted by atomic mass is 32.2. The van der Waals surface area contributed by atoms with E-state index in [-0.39, 0.29) is 17.8 Å². The van der Waals surface area contributed by atoms with Crippen LogP contribution in [0.15, 0.2) is 65.5 Å². The molecule has 1 amide bonds. The zero-order valence-corrected chi connectivity index (χ0v) is 21.5. The van der Waals surface area contributed by atoms with Gasteiger partial charge in [0.1, 0.15) is 5.56 Å². The van der Waals surface area contributed by atoms with Crippen LogP contribution in [0.4, 0.5) is 18.9 Å². The summed E-state index contributed by atoms with van der Waals surface area (Å²) < 4.78 is 66.1. The smallest absolute Gasteiger partial charge is 0.348 e. The SMILES string of the molecule is CCCCN(c1ccc(CNC(=O)c2ccc(C)n(-c3cccc(C(F)(F)F)c3)c2=O)cc1)S(C)(=O)=O. The number of aromatic nitrogens is 1. The van der Waals surface area contributed by atoms with Crippen molar-refractivity contribution in [3.05, 3.63) is 93.4 Å². The molecule has 1 N–H and O–H groups in total. The Morgan fingerprint density at radius 3 is 2.32 bits per heavy atom. The lowest BCUT2D eigenvalue weighted by Crippen LogP contribution is -2.33. The fraction of sp³-hybridized carbons (Fsp3) is 0.308. The predicted octanol–water partition coefficient (Wildman–Crippen LogP) is 4.66. The van der Waals surface area contributed by atoms with Crippen LogP contribution < -0.4 is 15.2 Å². The molecule has 3 aromatic rings. The number of pyridine rings is 1. The minimum Gasteiger partial charge on any atom is -0.348 e. The number of anilines is 1. The van der Waals surface area contributed by atoms with Crippen LogP contribution in [-0.2, 0) is 22.7 Å². The molecule has 0 saturated carbocycles. The lowest BCUT2D eigenvalue weighted by atomic mass is 10.1. The van der Waals surface area contributed by atoms with E-state index in [0.29, 0.717) is 29.9 Å². The average Bonchev–Trinajstić information content (AvgIpc) is 2.82. The van der Waals surface area contributed by atoms with Crippen LogP contribution in [0.2, 0.25) is 0 Å². The maximum atomic E-state index is 13.2. The quantitative estimate of drug-likeness (QED) is 0.432. The first kappa shape index (κ1) is 28.0. The maximum absolute atomic E-state index is 13.2. The van der Waals surface area contributed by atoms with Crippen molar-refractivity contribution in [1.29, 1.82) is 0 Å². The van der Waals surface area contributed by atoms with E-state index in [1.54, 1.807) is 31.2 Å². The number of aryl methyl sites for hydroxylation is 1. The number of sulfonamides is 1. The topological polar surface area (TPSA) is 88.5 Å². The first-order valence-electron chi connectivity index (χ1n) is 11.6. The van der Waals surface area contributed by atoms with Gasteiger partial charge in [-0.3, -0.25) is 18.5 Å². The van der Waals surface area contributed by atoms with Gasteiger partial charge in [0, 0.05) is 24.5 Å². The monoisotopic (exact) mass is 535 g/mol. The summed E-state index contributed by atoms with van der Waals surface area (Å²) in [6, 6.07) is 13.8. The molecule has 0 atom stereocenters. The zero-order valence-electron chi connectivity index (χ0n) is 20.7. The Balaban J connectivity index is 1.80. The van der Waals surface area contributed by atoms with Gasteiger partial charge in [-0.2, -0.15) is 13.2 Å². The van der Waals surface area contributed by atoms with Gasteiger partial charge >= 0.3 is 6.18 Å². The first-order valence-corrected chi connectivity index (χ1v) is 13.4. The van der Waals surface area contributed by atoms with Gasteiger partial charge in [0.25, 0.3) is 11.5 Å². The van der Waals surface area contributed by atoms with E-state index in [4.69, 9.17) is 0 Å². The van der Waals surface area contributed by atoms with Crippen molar-refractivity contribution in [2.24, 2.45) is 0 Å². The van der Waals surface area contributed by atoms with Crippen molar-refractivity contribution < 1.29 is 26.4 Å². The molecule has 0 saturated heterocycles. The summed E-state index contributed by atoms with van der Waals surface area (Å²) in [6.07, 6.45) is -1.89. The highest BCUT2D eigenvalue weighted by Crippen LogP contribution is 2.30. The summed E-state index contributed by atoms with van der Waals surface area (Å²) in [7, 11) is -3.45. The number of halogens is 3. The number of alkyl halides is 3. The summed E-state index contributed by atoms with van der Waals surface area (Å²) in [5, 5.41) is 2.64. The number of hydrogen-bond donors (Lipinski definition) is 1. The second kappa shape index (κ2) is 11.2. The summed E-state index contributed by atoms with van der Waals surface area (Å²) in [5.74, 6) is -0.685. The minimum absolute atomic E-state index is 0.000988. The molecule has 0 unspecified atom stereocenters. The molecule has 0 fully saturated rings. The molecular formula is C26H28F3N3O4S. The van der Waals surface area contributed by atoms with Gasteiger partial charge in [-0.05, 0) is 61.4 Å². The second-order valence-corrected chi connectivity index (χ2v) is 10.5. The molecule has 0 aliphatic heterocycles. The number of amides is 1. The number of benzene rings is 2. The third kappa shape index (κ3) is 6.79. The zero-order chi connectivity index (χ0) is 27.4. The highest BCUT2D eigenvalue weighted by molar-refractivity contribution is 7.92. The van der Waals surface area contributed by atoms with Gasteiger partial charge in [0.05, 0.1) is 17.5 Å². The fourth-order valence-corrected chi connectivity index (χ4v) is 4.76. The molecule has 1 heterocycles. The minimum atomic E-state index is -4.58. The molecule has 198 valence electrons. The molecule has 0 spiro atoms. The van der Waals surface area contributed by atoms with E-state index in [9.17, 15) is 31.2 Å². The molecule has 0 aliphatic rings. The van der Waals surface area contributed by atoms with Crippen LogP contribution >= 0.6 is 0 Å².